The molecule has 0 aromatic heterocycles. The van der Waals surface area contributed by atoms with Gasteiger partial charge in [-0.15, -0.1) is 0 Å². The van der Waals surface area contributed by atoms with Crippen molar-refractivity contribution in [2.24, 2.45) is 0 Å². The van der Waals surface area contributed by atoms with Crippen molar-refractivity contribution in [3.63, 3.8) is 0 Å². The SMILES string of the molecule is CCc1ccc(CCC(=O)NCCO)cc1. The number of nitrogens with one attached hydrogen (secondary N) is 1. The van der Waals surface area contributed by atoms with Crippen molar-refractivity contribution < 1.29 is 9.90 Å². The van der Waals surface area contributed by atoms with Gasteiger partial charge in [-0.1, -0.05) is 31.2 Å². The van der Waals surface area contributed by atoms with E-state index in [1.165, 1.54) is 11.1 Å². The Kier molecular flexibility index (Phi) is 5.57. The highest BCUT2D eigenvalue weighted by molar-refractivity contribution is 5.76. The van der Waals surface area contributed by atoms with Crippen molar-refractivity contribution in [3.8, 4) is 0 Å². The first kappa shape index (κ1) is 12.7. The minimum Gasteiger partial charge on any atom is -0.395 e. The van der Waals surface area contributed by atoms with Crippen LogP contribution in [-0.2, 0) is 17.6 Å². The third-order valence-electron chi connectivity index (χ3n) is 2.51. The summed E-state index contributed by atoms with van der Waals surface area (Å²) >= 11 is 0. The molecule has 0 aliphatic rings. The molecular formula is C13H19NO2. The quantitative estimate of drug-likeness (QED) is 0.760. The molecular weight excluding hydrogens is 202 g/mol. The zero-order chi connectivity index (χ0) is 11.8. The fraction of sp³-hybridized carbons (Fsp3) is 0.462. The standard InChI is InChI=1S/C13H19NO2/c1-2-11-3-5-12(6-4-11)7-8-13(16)14-9-10-15/h3-6,15H,2,7-10H2,1H3,(H,14,16). The normalized spacial score (nSPS) is 10.1. The lowest BCUT2D eigenvalue weighted by Crippen LogP contribution is -2.26. The van der Waals surface area contributed by atoms with E-state index in [1.54, 1.807) is 0 Å². The average Bonchev–Trinajstić information content (AvgIpc) is 2.34. The highest BCUT2D eigenvalue weighted by atomic mass is 16.3. The van der Waals surface area contributed by atoms with E-state index in [-0.39, 0.29) is 12.5 Å². The number of carbonyl (C=O) groups is 1. The second kappa shape index (κ2) is 7.01. The Bertz CT molecular complexity index is 319. The van der Waals surface area contributed by atoms with Crippen LogP contribution in [0.15, 0.2) is 24.3 Å². The first-order valence-electron chi connectivity index (χ1n) is 5.71. The maximum atomic E-state index is 11.3. The Hall–Kier alpha value is -1.35. The maximum Gasteiger partial charge on any atom is 0.220 e. The molecule has 0 aliphatic heterocycles. The number of carbonyl (C=O) groups excluding carboxylic acids is 1. The number of aliphatic hydroxyl groups excluding tert-OH is 1. The molecule has 0 bridgehead atoms. The largest absolute Gasteiger partial charge is 0.395 e. The zero-order valence-corrected chi connectivity index (χ0v) is 9.70. The van der Waals surface area contributed by atoms with Crippen LogP contribution in [0.1, 0.15) is 24.5 Å². The predicted molar refractivity (Wildman–Crippen MR) is 64.2 cm³/mol. The van der Waals surface area contributed by atoms with Gasteiger partial charge >= 0.3 is 0 Å². The highest BCUT2D eigenvalue weighted by Crippen LogP contribution is 2.07. The summed E-state index contributed by atoms with van der Waals surface area (Å²) in [5.41, 5.74) is 2.49. The summed E-state index contributed by atoms with van der Waals surface area (Å²) in [5, 5.41) is 11.2. The Morgan fingerprint density at radius 1 is 1.25 bits per heavy atom. The van der Waals surface area contributed by atoms with E-state index in [2.05, 4.69) is 36.5 Å². The van der Waals surface area contributed by atoms with Gasteiger partial charge < -0.3 is 10.4 Å². The number of aliphatic hydroxyl groups is 1. The highest BCUT2D eigenvalue weighted by Gasteiger charge is 2.01. The topological polar surface area (TPSA) is 49.3 Å². The van der Waals surface area contributed by atoms with E-state index in [1.807, 2.05) is 0 Å². The summed E-state index contributed by atoms with van der Waals surface area (Å²) in [5.74, 6) is -0.00591. The van der Waals surface area contributed by atoms with Crippen LogP contribution in [0, 0.1) is 0 Å². The fourth-order valence-electron chi connectivity index (χ4n) is 1.48. The number of rotatable bonds is 6. The minimum atomic E-state index is -0.00591. The molecule has 0 aliphatic carbocycles. The predicted octanol–water partition coefficient (Wildman–Crippen LogP) is 1.29. The smallest absolute Gasteiger partial charge is 0.220 e. The second-order valence-corrected chi connectivity index (χ2v) is 3.74. The maximum absolute atomic E-state index is 11.3. The zero-order valence-electron chi connectivity index (χ0n) is 9.70. The van der Waals surface area contributed by atoms with Gasteiger partial charge in [0.05, 0.1) is 6.61 Å². The molecule has 0 fully saturated rings. The van der Waals surface area contributed by atoms with Gasteiger partial charge in [0.2, 0.25) is 5.91 Å². The molecule has 0 saturated carbocycles. The summed E-state index contributed by atoms with van der Waals surface area (Å²) in [6.07, 6.45) is 2.27. The molecule has 0 heterocycles. The molecule has 0 spiro atoms. The molecule has 3 nitrogen and oxygen atoms in total. The van der Waals surface area contributed by atoms with Crippen molar-refractivity contribution in [2.75, 3.05) is 13.2 Å². The molecule has 0 atom stereocenters. The summed E-state index contributed by atoms with van der Waals surface area (Å²) < 4.78 is 0. The van der Waals surface area contributed by atoms with Crippen molar-refractivity contribution in [1.29, 1.82) is 0 Å². The summed E-state index contributed by atoms with van der Waals surface area (Å²) in [6, 6.07) is 8.33. The van der Waals surface area contributed by atoms with Crippen LogP contribution in [0.2, 0.25) is 0 Å². The first-order chi connectivity index (χ1) is 7.76. The van der Waals surface area contributed by atoms with Gasteiger partial charge in [-0.25, -0.2) is 0 Å². The lowest BCUT2D eigenvalue weighted by molar-refractivity contribution is -0.121. The van der Waals surface area contributed by atoms with Crippen LogP contribution in [0.25, 0.3) is 0 Å². The number of hydrogen-bond donors (Lipinski definition) is 2. The van der Waals surface area contributed by atoms with Gasteiger partial charge in [-0.05, 0) is 24.0 Å². The molecule has 16 heavy (non-hydrogen) atoms. The van der Waals surface area contributed by atoms with E-state index in [0.29, 0.717) is 13.0 Å². The van der Waals surface area contributed by atoms with Gasteiger partial charge in [-0.3, -0.25) is 4.79 Å². The summed E-state index contributed by atoms with van der Waals surface area (Å²) in [6.45, 7) is 2.46. The monoisotopic (exact) mass is 221 g/mol. The van der Waals surface area contributed by atoms with Gasteiger partial charge in [-0.2, -0.15) is 0 Å². The van der Waals surface area contributed by atoms with E-state index >= 15 is 0 Å². The van der Waals surface area contributed by atoms with Crippen LogP contribution in [0.5, 0.6) is 0 Å². The lowest BCUT2D eigenvalue weighted by atomic mass is 10.1. The van der Waals surface area contributed by atoms with Gasteiger partial charge in [0.1, 0.15) is 0 Å². The van der Waals surface area contributed by atoms with Gasteiger partial charge in [0, 0.05) is 13.0 Å². The van der Waals surface area contributed by atoms with Crippen LogP contribution >= 0.6 is 0 Å². The summed E-state index contributed by atoms with van der Waals surface area (Å²) in [7, 11) is 0. The van der Waals surface area contributed by atoms with Gasteiger partial charge in [0.15, 0.2) is 0 Å². The van der Waals surface area contributed by atoms with Crippen LogP contribution in [0.4, 0.5) is 0 Å². The van der Waals surface area contributed by atoms with Crippen LogP contribution < -0.4 is 5.32 Å². The lowest BCUT2D eigenvalue weighted by Gasteiger charge is -2.04. The molecule has 0 unspecified atom stereocenters. The van der Waals surface area contributed by atoms with E-state index in [0.717, 1.165) is 12.8 Å². The molecule has 0 radical (unpaired) electrons. The second-order valence-electron chi connectivity index (χ2n) is 3.74. The molecule has 0 saturated heterocycles. The molecule has 1 aromatic rings. The fourth-order valence-corrected chi connectivity index (χ4v) is 1.48. The first-order valence-corrected chi connectivity index (χ1v) is 5.71. The third-order valence-corrected chi connectivity index (χ3v) is 2.51. The molecule has 3 heteroatoms. The van der Waals surface area contributed by atoms with Crippen molar-refractivity contribution in [2.45, 2.75) is 26.2 Å². The Morgan fingerprint density at radius 2 is 1.88 bits per heavy atom. The Labute approximate surface area is 96.5 Å². The van der Waals surface area contributed by atoms with Crippen LogP contribution in [-0.4, -0.2) is 24.2 Å². The van der Waals surface area contributed by atoms with E-state index in [9.17, 15) is 4.79 Å². The number of aryl methyl sites for hydroxylation is 2. The minimum absolute atomic E-state index is 0.00304. The van der Waals surface area contributed by atoms with Crippen molar-refractivity contribution >= 4 is 5.91 Å². The number of amides is 1. The third kappa shape index (κ3) is 4.45. The van der Waals surface area contributed by atoms with E-state index in [4.69, 9.17) is 5.11 Å². The number of hydrogen-bond acceptors (Lipinski definition) is 2. The molecule has 1 rings (SSSR count). The van der Waals surface area contributed by atoms with Crippen molar-refractivity contribution in [1.82, 2.24) is 5.32 Å². The molecule has 1 aromatic carbocycles. The average molecular weight is 221 g/mol. The van der Waals surface area contributed by atoms with Gasteiger partial charge in [0.25, 0.3) is 0 Å². The van der Waals surface area contributed by atoms with E-state index < -0.39 is 0 Å². The molecule has 1 amide bonds. The number of benzene rings is 1. The van der Waals surface area contributed by atoms with Crippen LogP contribution in [0.3, 0.4) is 0 Å². The Morgan fingerprint density at radius 3 is 2.44 bits per heavy atom. The molecule has 2 N–H and O–H groups in total. The Balaban J connectivity index is 2.33. The van der Waals surface area contributed by atoms with Crippen molar-refractivity contribution in [3.05, 3.63) is 35.4 Å². The summed E-state index contributed by atoms with van der Waals surface area (Å²) in [4.78, 5) is 11.3. The molecule has 88 valence electrons.